The van der Waals surface area contributed by atoms with E-state index in [9.17, 15) is 0 Å². The maximum absolute atomic E-state index is 2.45. The molecule has 0 saturated heterocycles. The SMILES string of the molecule is CC.CCCCCC(C)C1CC=CCC1C. The van der Waals surface area contributed by atoms with Crippen LogP contribution < -0.4 is 0 Å². The zero-order valence-electron chi connectivity index (χ0n) is 12.1. The molecule has 16 heavy (non-hydrogen) atoms. The van der Waals surface area contributed by atoms with E-state index in [1.165, 1.54) is 38.5 Å². The van der Waals surface area contributed by atoms with Crippen LogP contribution >= 0.6 is 0 Å². The van der Waals surface area contributed by atoms with Crippen molar-refractivity contribution in [2.24, 2.45) is 17.8 Å². The molecule has 0 N–H and O–H groups in total. The molecule has 0 radical (unpaired) electrons. The minimum Gasteiger partial charge on any atom is -0.0883 e. The van der Waals surface area contributed by atoms with Crippen molar-refractivity contribution in [3.05, 3.63) is 12.2 Å². The third-order valence-corrected chi connectivity index (χ3v) is 3.81. The van der Waals surface area contributed by atoms with Gasteiger partial charge in [0.15, 0.2) is 0 Å². The van der Waals surface area contributed by atoms with E-state index in [0.29, 0.717) is 0 Å². The zero-order chi connectivity index (χ0) is 12.4. The van der Waals surface area contributed by atoms with Crippen LogP contribution in [-0.4, -0.2) is 0 Å². The van der Waals surface area contributed by atoms with Gasteiger partial charge in [-0.15, -0.1) is 0 Å². The van der Waals surface area contributed by atoms with Crippen molar-refractivity contribution in [1.82, 2.24) is 0 Å². The fraction of sp³-hybridized carbons (Fsp3) is 0.875. The molecule has 0 aromatic carbocycles. The number of rotatable bonds is 5. The monoisotopic (exact) mass is 224 g/mol. The minimum atomic E-state index is 0.914. The first-order valence-corrected chi connectivity index (χ1v) is 7.40. The molecule has 0 aromatic rings. The lowest BCUT2D eigenvalue weighted by atomic mass is 9.75. The molecule has 0 aliphatic heterocycles. The van der Waals surface area contributed by atoms with Crippen LogP contribution in [0.3, 0.4) is 0 Å². The highest BCUT2D eigenvalue weighted by Gasteiger charge is 2.23. The van der Waals surface area contributed by atoms with E-state index >= 15 is 0 Å². The number of hydrogen-bond donors (Lipinski definition) is 0. The van der Waals surface area contributed by atoms with E-state index in [-0.39, 0.29) is 0 Å². The van der Waals surface area contributed by atoms with Crippen LogP contribution in [0.2, 0.25) is 0 Å². The van der Waals surface area contributed by atoms with Crippen LogP contribution in [0.1, 0.15) is 73.1 Å². The number of allylic oxidation sites excluding steroid dienone is 2. The lowest BCUT2D eigenvalue weighted by Crippen LogP contribution is -2.21. The Hall–Kier alpha value is -0.260. The Morgan fingerprint density at radius 1 is 1.12 bits per heavy atom. The summed E-state index contributed by atoms with van der Waals surface area (Å²) in [5.41, 5.74) is 0. The number of hydrogen-bond acceptors (Lipinski definition) is 0. The lowest BCUT2D eigenvalue weighted by Gasteiger charge is -2.30. The minimum absolute atomic E-state index is 0.914. The summed E-state index contributed by atoms with van der Waals surface area (Å²) in [5, 5.41) is 0. The summed E-state index contributed by atoms with van der Waals surface area (Å²) in [5.74, 6) is 2.80. The first kappa shape index (κ1) is 15.7. The van der Waals surface area contributed by atoms with E-state index in [4.69, 9.17) is 0 Å². The highest BCUT2D eigenvalue weighted by atomic mass is 14.3. The van der Waals surface area contributed by atoms with Gasteiger partial charge in [0.2, 0.25) is 0 Å². The van der Waals surface area contributed by atoms with Gasteiger partial charge < -0.3 is 0 Å². The summed E-state index contributed by atoms with van der Waals surface area (Å²) in [4.78, 5) is 0. The van der Waals surface area contributed by atoms with Gasteiger partial charge in [-0.2, -0.15) is 0 Å². The molecule has 3 unspecified atom stereocenters. The van der Waals surface area contributed by atoms with Gasteiger partial charge >= 0.3 is 0 Å². The largest absolute Gasteiger partial charge is 0.0883 e. The van der Waals surface area contributed by atoms with E-state index < -0.39 is 0 Å². The van der Waals surface area contributed by atoms with Gasteiger partial charge in [0, 0.05) is 0 Å². The van der Waals surface area contributed by atoms with Crippen molar-refractivity contribution in [3.63, 3.8) is 0 Å². The van der Waals surface area contributed by atoms with Crippen molar-refractivity contribution in [3.8, 4) is 0 Å². The third-order valence-electron chi connectivity index (χ3n) is 3.81. The summed E-state index contributed by atoms with van der Waals surface area (Å²) in [6.07, 6.45) is 13.0. The lowest BCUT2D eigenvalue weighted by molar-refractivity contribution is 0.233. The van der Waals surface area contributed by atoms with Gasteiger partial charge in [0.1, 0.15) is 0 Å². The van der Waals surface area contributed by atoms with Crippen LogP contribution in [0.5, 0.6) is 0 Å². The first-order chi connectivity index (χ1) is 7.75. The smallest absolute Gasteiger partial charge is 0.0317 e. The van der Waals surface area contributed by atoms with Crippen molar-refractivity contribution in [2.75, 3.05) is 0 Å². The van der Waals surface area contributed by atoms with Gasteiger partial charge in [-0.1, -0.05) is 72.5 Å². The third kappa shape index (κ3) is 5.72. The van der Waals surface area contributed by atoms with E-state index in [2.05, 4.69) is 32.9 Å². The molecule has 0 bridgehead atoms. The van der Waals surface area contributed by atoms with Crippen molar-refractivity contribution in [2.45, 2.75) is 73.1 Å². The molecule has 0 nitrogen and oxygen atoms in total. The van der Waals surface area contributed by atoms with Crippen LogP contribution in [0.15, 0.2) is 12.2 Å². The molecular weight excluding hydrogens is 192 g/mol. The van der Waals surface area contributed by atoms with Gasteiger partial charge in [-0.05, 0) is 30.6 Å². The molecule has 1 rings (SSSR count). The molecular formula is C16H32. The van der Waals surface area contributed by atoms with Gasteiger partial charge in [0.25, 0.3) is 0 Å². The Kier molecular flexibility index (Phi) is 9.77. The topological polar surface area (TPSA) is 0 Å². The van der Waals surface area contributed by atoms with Gasteiger partial charge in [0.05, 0.1) is 0 Å². The Labute approximate surface area is 104 Å². The Morgan fingerprint density at radius 3 is 2.31 bits per heavy atom. The van der Waals surface area contributed by atoms with Crippen LogP contribution in [0, 0.1) is 17.8 Å². The molecule has 0 fully saturated rings. The summed E-state index contributed by atoms with van der Waals surface area (Å²) < 4.78 is 0. The zero-order valence-corrected chi connectivity index (χ0v) is 12.1. The highest BCUT2D eigenvalue weighted by Crippen LogP contribution is 2.33. The van der Waals surface area contributed by atoms with Gasteiger partial charge in [-0.3, -0.25) is 0 Å². The van der Waals surface area contributed by atoms with E-state index in [0.717, 1.165) is 17.8 Å². The second-order valence-electron chi connectivity index (χ2n) is 5.06. The Balaban J connectivity index is 0.00000106. The average molecular weight is 224 g/mol. The van der Waals surface area contributed by atoms with E-state index in [1.54, 1.807) is 0 Å². The molecule has 0 heterocycles. The fourth-order valence-electron chi connectivity index (χ4n) is 2.69. The fourth-order valence-corrected chi connectivity index (χ4v) is 2.69. The molecule has 0 heteroatoms. The summed E-state index contributed by atoms with van der Waals surface area (Å²) in [6, 6.07) is 0. The Bertz CT molecular complexity index is 169. The van der Waals surface area contributed by atoms with Gasteiger partial charge in [-0.25, -0.2) is 0 Å². The Morgan fingerprint density at radius 2 is 1.75 bits per heavy atom. The van der Waals surface area contributed by atoms with Crippen LogP contribution in [0.25, 0.3) is 0 Å². The predicted molar refractivity (Wildman–Crippen MR) is 75.7 cm³/mol. The molecule has 96 valence electrons. The van der Waals surface area contributed by atoms with Crippen molar-refractivity contribution in [1.29, 1.82) is 0 Å². The summed E-state index contributed by atoms with van der Waals surface area (Å²) in [6.45, 7) is 11.2. The normalized spacial score (nSPS) is 25.8. The van der Waals surface area contributed by atoms with Crippen LogP contribution in [0.4, 0.5) is 0 Å². The molecule has 1 aliphatic rings. The van der Waals surface area contributed by atoms with E-state index in [1.807, 2.05) is 13.8 Å². The molecule has 3 atom stereocenters. The molecule has 0 aromatic heterocycles. The second kappa shape index (κ2) is 9.93. The standard InChI is InChI=1S/C14H26.C2H6/c1-4-5-6-9-12(2)14-11-8-7-10-13(14)3;1-2/h7-8,12-14H,4-6,9-11H2,1-3H3;1-2H3. The average Bonchev–Trinajstić information content (AvgIpc) is 2.32. The molecule has 0 spiro atoms. The van der Waals surface area contributed by atoms with Crippen LogP contribution in [-0.2, 0) is 0 Å². The second-order valence-corrected chi connectivity index (χ2v) is 5.06. The molecule has 0 amide bonds. The number of unbranched alkanes of at least 4 members (excludes halogenated alkanes) is 2. The van der Waals surface area contributed by atoms with Crippen molar-refractivity contribution >= 4 is 0 Å². The first-order valence-electron chi connectivity index (χ1n) is 7.40. The molecule has 1 aliphatic carbocycles. The maximum Gasteiger partial charge on any atom is -0.0317 e. The summed E-state index contributed by atoms with van der Waals surface area (Å²) in [7, 11) is 0. The molecule has 0 saturated carbocycles. The summed E-state index contributed by atoms with van der Waals surface area (Å²) >= 11 is 0. The van der Waals surface area contributed by atoms with Crippen molar-refractivity contribution < 1.29 is 0 Å². The maximum atomic E-state index is 2.45. The predicted octanol–water partition coefficient (Wildman–Crippen LogP) is 5.83. The quantitative estimate of drug-likeness (QED) is 0.407. The highest BCUT2D eigenvalue weighted by molar-refractivity contribution is 4.94.